The quantitative estimate of drug-likeness (QED) is 0.588. The van der Waals surface area contributed by atoms with Crippen LogP contribution >= 0.6 is 11.8 Å². The van der Waals surface area contributed by atoms with Crippen LogP contribution in [0.4, 0.5) is 4.79 Å². The van der Waals surface area contributed by atoms with Crippen LogP contribution in [-0.4, -0.2) is 46.5 Å². The van der Waals surface area contributed by atoms with E-state index in [9.17, 15) is 4.79 Å². The van der Waals surface area contributed by atoms with E-state index < -0.39 is 5.60 Å². The smallest absolute Gasteiger partial charge is 0.410 e. The van der Waals surface area contributed by atoms with E-state index in [2.05, 4.69) is 41.6 Å². The van der Waals surface area contributed by atoms with Crippen LogP contribution in [0.25, 0.3) is 11.3 Å². The number of aryl methyl sites for hydroxylation is 1. The molecular formula is C24H30N2O3S. The topological polar surface area (TPSA) is 51.7 Å². The molecule has 2 aliphatic heterocycles. The van der Waals surface area contributed by atoms with Crippen molar-refractivity contribution in [2.24, 2.45) is 0 Å². The zero-order chi connectivity index (χ0) is 21.4. The Kier molecular flexibility index (Phi) is 5.71. The molecule has 1 saturated heterocycles. The Balaban J connectivity index is 1.42. The van der Waals surface area contributed by atoms with Gasteiger partial charge in [-0.15, -0.1) is 11.8 Å². The van der Waals surface area contributed by atoms with Gasteiger partial charge in [-0.05, 0) is 63.6 Å². The summed E-state index contributed by atoms with van der Waals surface area (Å²) in [5, 5.41) is 0. The molecular weight excluding hydrogens is 396 g/mol. The van der Waals surface area contributed by atoms with E-state index in [0.717, 1.165) is 42.7 Å². The Labute approximate surface area is 183 Å². The van der Waals surface area contributed by atoms with Crippen LogP contribution in [-0.2, 0) is 11.2 Å². The van der Waals surface area contributed by atoms with Gasteiger partial charge in [0.05, 0.1) is 11.9 Å². The fourth-order valence-electron chi connectivity index (χ4n) is 4.11. The van der Waals surface area contributed by atoms with Gasteiger partial charge in [0, 0.05) is 36.4 Å². The van der Waals surface area contributed by atoms with Crippen molar-refractivity contribution in [1.29, 1.82) is 0 Å². The second-order valence-electron chi connectivity index (χ2n) is 9.16. The van der Waals surface area contributed by atoms with Gasteiger partial charge in [0.1, 0.15) is 17.0 Å². The number of fused-ring (bicyclic) bond motifs is 1. The van der Waals surface area contributed by atoms with Crippen molar-refractivity contribution >= 4 is 17.9 Å². The highest BCUT2D eigenvalue weighted by atomic mass is 32.2. The maximum absolute atomic E-state index is 12.3. The fourth-order valence-corrected chi connectivity index (χ4v) is 4.52. The molecule has 1 aromatic carbocycles. The normalized spacial score (nSPS) is 17.9. The highest BCUT2D eigenvalue weighted by molar-refractivity contribution is 7.98. The van der Waals surface area contributed by atoms with E-state index in [4.69, 9.17) is 9.47 Å². The van der Waals surface area contributed by atoms with E-state index in [1.54, 1.807) is 16.7 Å². The highest BCUT2D eigenvalue weighted by Gasteiger charge is 2.41. The van der Waals surface area contributed by atoms with Crippen molar-refractivity contribution in [2.45, 2.75) is 62.6 Å². The predicted octanol–water partition coefficient (Wildman–Crippen LogP) is 5.57. The van der Waals surface area contributed by atoms with Gasteiger partial charge in [0.15, 0.2) is 0 Å². The number of benzene rings is 1. The fraction of sp³-hybridized carbons (Fsp3) is 0.500. The first-order chi connectivity index (χ1) is 14.3. The molecule has 6 heteroatoms. The molecule has 1 fully saturated rings. The van der Waals surface area contributed by atoms with E-state index in [-0.39, 0.29) is 11.7 Å². The molecule has 0 saturated carbocycles. The lowest BCUT2D eigenvalue weighted by molar-refractivity contribution is -0.0274. The molecule has 0 radical (unpaired) electrons. The summed E-state index contributed by atoms with van der Waals surface area (Å²) in [5.74, 6) is 0.886. The molecule has 2 aliphatic rings. The monoisotopic (exact) mass is 426 g/mol. The molecule has 0 unspecified atom stereocenters. The molecule has 4 rings (SSSR count). The van der Waals surface area contributed by atoms with Gasteiger partial charge in [-0.25, -0.2) is 4.79 Å². The summed E-state index contributed by atoms with van der Waals surface area (Å²) in [6.45, 7) is 7.02. The third kappa shape index (κ3) is 4.59. The number of rotatable bonds is 2. The van der Waals surface area contributed by atoms with Crippen LogP contribution in [0.15, 0.2) is 41.4 Å². The zero-order valence-corrected chi connectivity index (χ0v) is 19.1. The second kappa shape index (κ2) is 8.14. The Morgan fingerprint density at radius 2 is 1.87 bits per heavy atom. The molecule has 1 amide bonds. The van der Waals surface area contributed by atoms with Crippen molar-refractivity contribution in [1.82, 2.24) is 9.88 Å². The maximum Gasteiger partial charge on any atom is 0.410 e. The molecule has 30 heavy (non-hydrogen) atoms. The number of hydrogen-bond donors (Lipinski definition) is 0. The number of amides is 1. The summed E-state index contributed by atoms with van der Waals surface area (Å²) in [6.07, 6.45) is 7.31. The molecule has 0 N–H and O–H groups in total. The summed E-state index contributed by atoms with van der Waals surface area (Å²) < 4.78 is 12.0. The molecule has 0 atom stereocenters. The molecule has 1 spiro atoms. The SMILES string of the molecule is CSc1ccc(-c2cc3c(cn2)OC2(CC3)CCN(C(=O)OC(C)(C)C)CC2)cc1. The lowest BCUT2D eigenvalue weighted by atomic mass is 9.83. The van der Waals surface area contributed by atoms with Crippen LogP contribution in [0.2, 0.25) is 0 Å². The van der Waals surface area contributed by atoms with Gasteiger partial charge >= 0.3 is 6.09 Å². The van der Waals surface area contributed by atoms with Crippen LogP contribution in [0.3, 0.4) is 0 Å². The number of thioether (sulfide) groups is 1. The number of carbonyl (C=O) groups is 1. The predicted molar refractivity (Wildman–Crippen MR) is 120 cm³/mol. The first-order valence-corrected chi connectivity index (χ1v) is 11.8. The van der Waals surface area contributed by atoms with Crippen LogP contribution in [0.5, 0.6) is 5.75 Å². The maximum atomic E-state index is 12.3. The minimum atomic E-state index is -0.467. The largest absolute Gasteiger partial charge is 0.485 e. The van der Waals surface area contributed by atoms with E-state index >= 15 is 0 Å². The number of ether oxygens (including phenoxy) is 2. The summed E-state index contributed by atoms with van der Waals surface area (Å²) in [7, 11) is 0. The molecule has 5 nitrogen and oxygen atoms in total. The number of nitrogens with zero attached hydrogens (tertiary/aromatic N) is 2. The summed E-state index contributed by atoms with van der Waals surface area (Å²) in [4.78, 5) is 20.1. The number of likely N-dealkylation sites (tertiary alicyclic amines) is 1. The van der Waals surface area contributed by atoms with Gasteiger partial charge < -0.3 is 14.4 Å². The highest BCUT2D eigenvalue weighted by Crippen LogP contribution is 2.40. The lowest BCUT2D eigenvalue weighted by Crippen LogP contribution is -2.52. The van der Waals surface area contributed by atoms with Gasteiger partial charge in [-0.2, -0.15) is 0 Å². The zero-order valence-electron chi connectivity index (χ0n) is 18.2. The first-order valence-electron chi connectivity index (χ1n) is 10.6. The minimum Gasteiger partial charge on any atom is -0.485 e. The second-order valence-corrected chi connectivity index (χ2v) is 10.0. The van der Waals surface area contributed by atoms with Gasteiger partial charge in [0.2, 0.25) is 0 Å². The van der Waals surface area contributed by atoms with E-state index in [1.807, 2.05) is 27.0 Å². The standard InChI is InChI=1S/C24H30N2O3S/c1-23(2,3)29-22(27)26-13-11-24(12-14-26)10-9-18-15-20(25-16-21(18)28-24)17-5-7-19(30-4)8-6-17/h5-8,15-16H,9-14H2,1-4H3. The minimum absolute atomic E-state index is 0.200. The van der Waals surface area contributed by atoms with E-state index in [1.165, 1.54) is 10.5 Å². The number of carbonyl (C=O) groups excluding carboxylic acids is 1. The molecule has 0 bridgehead atoms. The summed E-state index contributed by atoms with van der Waals surface area (Å²) in [5.41, 5.74) is 2.66. The lowest BCUT2D eigenvalue weighted by Gasteiger charge is -2.44. The van der Waals surface area contributed by atoms with Crippen LogP contribution in [0.1, 0.15) is 45.6 Å². The molecule has 1 aromatic heterocycles. The molecule has 2 aromatic rings. The van der Waals surface area contributed by atoms with Crippen molar-refractivity contribution in [2.75, 3.05) is 19.3 Å². The van der Waals surface area contributed by atoms with Crippen LogP contribution < -0.4 is 4.74 Å². The van der Waals surface area contributed by atoms with Crippen LogP contribution in [0, 0.1) is 0 Å². The van der Waals surface area contributed by atoms with Crippen molar-refractivity contribution in [3.8, 4) is 17.0 Å². The first kappa shape index (κ1) is 21.0. The van der Waals surface area contributed by atoms with Gasteiger partial charge in [-0.1, -0.05) is 12.1 Å². The number of piperidine rings is 1. The number of pyridine rings is 1. The summed E-state index contributed by atoms with van der Waals surface area (Å²) >= 11 is 1.74. The number of aromatic nitrogens is 1. The molecule has 3 heterocycles. The third-order valence-electron chi connectivity index (χ3n) is 5.84. The third-order valence-corrected chi connectivity index (χ3v) is 6.58. The van der Waals surface area contributed by atoms with Crippen molar-refractivity contribution in [3.05, 3.63) is 42.1 Å². The van der Waals surface area contributed by atoms with Gasteiger partial charge in [0.25, 0.3) is 0 Å². The average molecular weight is 427 g/mol. The Bertz CT molecular complexity index is 913. The van der Waals surface area contributed by atoms with Crippen molar-refractivity contribution in [3.63, 3.8) is 0 Å². The van der Waals surface area contributed by atoms with E-state index in [0.29, 0.717) is 13.1 Å². The Hall–Kier alpha value is -2.21. The number of hydrogen-bond acceptors (Lipinski definition) is 5. The Morgan fingerprint density at radius 1 is 1.17 bits per heavy atom. The van der Waals surface area contributed by atoms with Gasteiger partial charge in [-0.3, -0.25) is 4.98 Å². The average Bonchev–Trinajstić information content (AvgIpc) is 2.73. The summed E-state index contributed by atoms with van der Waals surface area (Å²) in [6, 6.07) is 10.7. The molecule has 0 aliphatic carbocycles. The van der Waals surface area contributed by atoms with Crippen molar-refractivity contribution < 1.29 is 14.3 Å². The molecule has 160 valence electrons. The Morgan fingerprint density at radius 3 is 2.50 bits per heavy atom.